The molecule has 0 fully saturated rings. The van der Waals surface area contributed by atoms with Gasteiger partial charge in [0.1, 0.15) is 0 Å². The number of aryl methyl sites for hydroxylation is 2. The van der Waals surface area contributed by atoms with E-state index >= 15 is 0 Å². The van der Waals surface area contributed by atoms with Crippen LogP contribution < -0.4 is 5.73 Å². The average Bonchev–Trinajstić information content (AvgIpc) is 2.68. The van der Waals surface area contributed by atoms with Crippen LogP contribution in [0.15, 0.2) is 40.0 Å². The highest BCUT2D eigenvalue weighted by atomic mass is 79.9. The summed E-state index contributed by atoms with van der Waals surface area (Å²) in [6, 6.07) is 5.89. The predicted molar refractivity (Wildman–Crippen MR) is 76.2 cm³/mol. The van der Waals surface area contributed by atoms with Crippen LogP contribution in [0.1, 0.15) is 5.56 Å². The molecular weight excluding hydrogens is 298 g/mol. The van der Waals surface area contributed by atoms with Gasteiger partial charge in [-0.1, -0.05) is 0 Å². The number of nitrogens with zero attached hydrogens (tertiary/aromatic N) is 2. The minimum atomic E-state index is 0.781. The highest BCUT2D eigenvalue weighted by Gasteiger charge is 2.01. The highest BCUT2D eigenvalue weighted by Crippen LogP contribution is 2.29. The van der Waals surface area contributed by atoms with E-state index < -0.39 is 0 Å². The number of nitrogens with two attached hydrogens (primary N) is 1. The number of aromatic nitrogens is 2. The van der Waals surface area contributed by atoms with Gasteiger partial charge in [-0.05, 0) is 46.6 Å². The molecule has 0 saturated carbocycles. The van der Waals surface area contributed by atoms with Crippen molar-refractivity contribution in [2.24, 2.45) is 0 Å². The highest BCUT2D eigenvalue weighted by molar-refractivity contribution is 9.10. The van der Waals surface area contributed by atoms with Crippen molar-refractivity contribution in [3.63, 3.8) is 0 Å². The third-order valence-electron chi connectivity index (χ3n) is 2.30. The maximum absolute atomic E-state index is 5.70. The molecule has 0 aliphatic rings. The van der Waals surface area contributed by atoms with Crippen LogP contribution in [0.5, 0.6) is 0 Å². The Morgan fingerprint density at radius 2 is 2.29 bits per heavy atom. The van der Waals surface area contributed by atoms with Gasteiger partial charge in [0.2, 0.25) is 0 Å². The lowest BCUT2D eigenvalue weighted by molar-refractivity contribution is 0.666. The number of hydrogen-bond donors (Lipinski definition) is 1. The van der Waals surface area contributed by atoms with Gasteiger partial charge in [0, 0.05) is 27.0 Å². The van der Waals surface area contributed by atoms with Crippen molar-refractivity contribution in [1.29, 1.82) is 0 Å². The van der Waals surface area contributed by atoms with Crippen molar-refractivity contribution < 1.29 is 0 Å². The molecule has 1 aromatic heterocycles. The van der Waals surface area contributed by atoms with Crippen LogP contribution in [0.2, 0.25) is 0 Å². The number of benzene rings is 1. The Morgan fingerprint density at radius 3 is 2.94 bits per heavy atom. The summed E-state index contributed by atoms with van der Waals surface area (Å²) in [7, 11) is 0. The first kappa shape index (κ1) is 12.5. The Balaban J connectivity index is 1.90. The molecule has 1 aromatic carbocycles. The van der Waals surface area contributed by atoms with Gasteiger partial charge in [-0.25, -0.2) is 0 Å². The zero-order valence-electron chi connectivity index (χ0n) is 9.56. The fraction of sp³-hybridized carbons (Fsp3) is 0.250. The molecule has 3 nitrogen and oxygen atoms in total. The van der Waals surface area contributed by atoms with Gasteiger partial charge in [0.05, 0.1) is 12.7 Å². The Bertz CT molecular complexity index is 510. The van der Waals surface area contributed by atoms with Gasteiger partial charge in [0.25, 0.3) is 0 Å². The van der Waals surface area contributed by atoms with Crippen LogP contribution in [0.4, 0.5) is 5.69 Å². The lowest BCUT2D eigenvalue weighted by atomic mass is 10.3. The Labute approximate surface area is 114 Å². The SMILES string of the molecule is Cc1cnn(CCSc2ccc(N)cc2Br)c1. The molecule has 90 valence electrons. The van der Waals surface area contributed by atoms with E-state index in [-0.39, 0.29) is 0 Å². The van der Waals surface area contributed by atoms with E-state index in [1.54, 1.807) is 11.8 Å². The average molecular weight is 312 g/mol. The fourth-order valence-corrected chi connectivity index (χ4v) is 3.07. The van der Waals surface area contributed by atoms with Crippen LogP contribution in [0.25, 0.3) is 0 Å². The molecule has 1 heterocycles. The lowest BCUT2D eigenvalue weighted by Crippen LogP contribution is -2.00. The van der Waals surface area contributed by atoms with Gasteiger partial charge >= 0.3 is 0 Å². The van der Waals surface area contributed by atoms with Crippen molar-refractivity contribution >= 4 is 33.4 Å². The second-order valence-electron chi connectivity index (χ2n) is 3.82. The van der Waals surface area contributed by atoms with Crippen LogP contribution >= 0.6 is 27.7 Å². The number of halogens is 1. The summed E-state index contributed by atoms with van der Waals surface area (Å²) >= 11 is 5.31. The summed E-state index contributed by atoms with van der Waals surface area (Å²) < 4.78 is 3.02. The van der Waals surface area contributed by atoms with E-state index in [9.17, 15) is 0 Å². The van der Waals surface area contributed by atoms with Crippen LogP contribution in [0.3, 0.4) is 0 Å². The minimum Gasteiger partial charge on any atom is -0.399 e. The van der Waals surface area contributed by atoms with Crippen molar-refractivity contribution in [1.82, 2.24) is 9.78 Å². The number of hydrogen-bond acceptors (Lipinski definition) is 3. The van der Waals surface area contributed by atoms with Gasteiger partial charge in [0.15, 0.2) is 0 Å². The molecule has 0 atom stereocenters. The summed E-state index contributed by atoms with van der Waals surface area (Å²) in [6.07, 6.45) is 3.93. The molecule has 2 N–H and O–H groups in total. The number of rotatable bonds is 4. The molecular formula is C12H14BrN3S. The Kier molecular flexibility index (Phi) is 4.12. The lowest BCUT2D eigenvalue weighted by Gasteiger charge is -2.05. The van der Waals surface area contributed by atoms with Gasteiger partial charge in [-0.3, -0.25) is 4.68 Å². The second kappa shape index (κ2) is 5.60. The van der Waals surface area contributed by atoms with E-state index in [1.807, 2.05) is 36.0 Å². The molecule has 2 rings (SSSR count). The van der Waals surface area contributed by atoms with E-state index in [4.69, 9.17) is 5.73 Å². The zero-order valence-corrected chi connectivity index (χ0v) is 12.0. The summed E-state index contributed by atoms with van der Waals surface area (Å²) in [5.41, 5.74) is 7.68. The molecule has 17 heavy (non-hydrogen) atoms. The minimum absolute atomic E-state index is 0.781. The topological polar surface area (TPSA) is 43.8 Å². The van der Waals surface area contributed by atoms with E-state index in [0.29, 0.717) is 0 Å². The first-order chi connectivity index (χ1) is 8.15. The normalized spacial score (nSPS) is 10.7. The van der Waals surface area contributed by atoms with Crippen molar-refractivity contribution in [2.75, 3.05) is 11.5 Å². The summed E-state index contributed by atoms with van der Waals surface area (Å²) in [6.45, 7) is 2.96. The maximum atomic E-state index is 5.70. The van der Waals surface area contributed by atoms with Crippen molar-refractivity contribution in [3.8, 4) is 0 Å². The third kappa shape index (κ3) is 3.51. The number of thioether (sulfide) groups is 1. The molecule has 0 unspecified atom stereocenters. The van der Waals surface area contributed by atoms with E-state index in [0.717, 1.165) is 22.5 Å². The quantitative estimate of drug-likeness (QED) is 0.696. The monoisotopic (exact) mass is 311 g/mol. The molecule has 0 spiro atoms. The van der Waals surface area contributed by atoms with Gasteiger partial charge in [-0.15, -0.1) is 11.8 Å². The fourth-order valence-electron chi connectivity index (χ4n) is 1.47. The third-order valence-corrected chi connectivity index (χ3v) is 4.27. The van der Waals surface area contributed by atoms with Crippen LogP contribution in [0, 0.1) is 6.92 Å². The maximum Gasteiger partial charge on any atom is 0.0518 e. The first-order valence-electron chi connectivity index (χ1n) is 5.32. The van der Waals surface area contributed by atoms with Crippen molar-refractivity contribution in [3.05, 3.63) is 40.6 Å². The summed E-state index contributed by atoms with van der Waals surface area (Å²) in [5, 5.41) is 4.26. The smallest absolute Gasteiger partial charge is 0.0518 e. The Morgan fingerprint density at radius 1 is 1.47 bits per heavy atom. The molecule has 0 aliphatic heterocycles. The zero-order chi connectivity index (χ0) is 12.3. The molecule has 0 amide bonds. The standard InChI is InChI=1S/C12H14BrN3S/c1-9-7-15-16(8-9)4-5-17-12-3-2-10(14)6-11(12)13/h2-3,6-8H,4-5,14H2,1H3. The number of anilines is 1. The van der Waals surface area contributed by atoms with Crippen molar-refractivity contribution in [2.45, 2.75) is 18.4 Å². The predicted octanol–water partition coefficient (Wildman–Crippen LogP) is 3.33. The molecule has 5 heteroatoms. The molecule has 0 aliphatic carbocycles. The largest absolute Gasteiger partial charge is 0.399 e. The first-order valence-corrected chi connectivity index (χ1v) is 7.10. The van der Waals surface area contributed by atoms with Gasteiger partial charge in [-0.2, -0.15) is 5.10 Å². The van der Waals surface area contributed by atoms with Gasteiger partial charge < -0.3 is 5.73 Å². The molecule has 0 bridgehead atoms. The van der Waals surface area contributed by atoms with E-state index in [1.165, 1.54) is 10.5 Å². The molecule has 0 radical (unpaired) electrons. The Hall–Kier alpha value is -0.940. The molecule has 2 aromatic rings. The number of nitrogen functional groups attached to an aromatic ring is 1. The van der Waals surface area contributed by atoms with Crippen LogP contribution in [-0.4, -0.2) is 15.5 Å². The second-order valence-corrected chi connectivity index (χ2v) is 5.81. The summed E-state index contributed by atoms with van der Waals surface area (Å²) in [4.78, 5) is 1.21. The molecule has 0 saturated heterocycles. The summed E-state index contributed by atoms with van der Waals surface area (Å²) in [5.74, 6) is 0.990. The van der Waals surface area contributed by atoms with E-state index in [2.05, 4.69) is 27.2 Å². The van der Waals surface area contributed by atoms with Crippen LogP contribution in [-0.2, 0) is 6.54 Å².